The first kappa shape index (κ1) is 8.48. The van der Waals surface area contributed by atoms with E-state index in [1.54, 1.807) is 0 Å². The van der Waals surface area contributed by atoms with E-state index in [-0.39, 0.29) is 0 Å². The molecule has 0 aromatic heterocycles. The fourth-order valence-electron chi connectivity index (χ4n) is 2.55. The molecule has 2 bridgehead atoms. The summed E-state index contributed by atoms with van der Waals surface area (Å²) in [6.45, 7) is 2.86. The summed E-state index contributed by atoms with van der Waals surface area (Å²) in [7, 11) is 0. The monoisotopic (exact) mass is 171 g/mol. The van der Waals surface area contributed by atoms with E-state index >= 15 is 0 Å². The van der Waals surface area contributed by atoms with Crippen LogP contribution < -0.4 is 5.90 Å². The van der Waals surface area contributed by atoms with Crippen molar-refractivity contribution in [3.63, 3.8) is 0 Å². The van der Waals surface area contributed by atoms with Gasteiger partial charge in [0.15, 0.2) is 0 Å². The highest BCUT2D eigenvalue weighted by Gasteiger charge is 2.42. The van der Waals surface area contributed by atoms with Gasteiger partial charge in [-0.3, -0.25) is 0 Å². The highest BCUT2D eigenvalue weighted by molar-refractivity contribution is 4.91. The van der Waals surface area contributed by atoms with Gasteiger partial charge in [0.25, 0.3) is 0 Å². The SMILES string of the molecule is CC(CON)C1CC2CCC1O2. The molecule has 12 heavy (non-hydrogen) atoms. The Morgan fingerprint density at radius 1 is 1.58 bits per heavy atom. The Morgan fingerprint density at radius 2 is 2.42 bits per heavy atom. The number of hydrogen-bond acceptors (Lipinski definition) is 3. The van der Waals surface area contributed by atoms with Crippen LogP contribution in [0.2, 0.25) is 0 Å². The molecule has 2 rings (SSSR count). The van der Waals surface area contributed by atoms with Crippen molar-refractivity contribution in [1.82, 2.24) is 0 Å². The van der Waals surface area contributed by atoms with Crippen LogP contribution >= 0.6 is 0 Å². The summed E-state index contributed by atoms with van der Waals surface area (Å²) in [5, 5.41) is 0. The Balaban J connectivity index is 1.89. The van der Waals surface area contributed by atoms with Crippen LogP contribution in [-0.2, 0) is 9.57 Å². The zero-order valence-electron chi connectivity index (χ0n) is 7.53. The molecule has 0 radical (unpaired) electrons. The third-order valence-corrected chi connectivity index (χ3v) is 3.24. The molecular formula is C9H17NO2. The molecule has 0 aliphatic carbocycles. The van der Waals surface area contributed by atoms with Gasteiger partial charge < -0.3 is 9.57 Å². The van der Waals surface area contributed by atoms with E-state index in [1.807, 2.05) is 0 Å². The third-order valence-electron chi connectivity index (χ3n) is 3.24. The van der Waals surface area contributed by atoms with E-state index in [4.69, 9.17) is 10.6 Å². The minimum Gasteiger partial charge on any atom is -0.375 e. The minimum atomic E-state index is 0.500. The smallest absolute Gasteiger partial charge is 0.0708 e. The van der Waals surface area contributed by atoms with Gasteiger partial charge in [-0.15, -0.1) is 0 Å². The molecule has 4 unspecified atom stereocenters. The first-order valence-electron chi connectivity index (χ1n) is 4.78. The molecule has 4 atom stereocenters. The van der Waals surface area contributed by atoms with Crippen LogP contribution in [0.5, 0.6) is 0 Å². The van der Waals surface area contributed by atoms with Gasteiger partial charge in [0.2, 0.25) is 0 Å². The van der Waals surface area contributed by atoms with Crippen molar-refractivity contribution in [3.05, 3.63) is 0 Å². The van der Waals surface area contributed by atoms with Crippen LogP contribution in [-0.4, -0.2) is 18.8 Å². The number of hydrogen-bond donors (Lipinski definition) is 1. The summed E-state index contributed by atoms with van der Waals surface area (Å²) < 4.78 is 5.76. The number of nitrogens with two attached hydrogens (primary N) is 1. The lowest BCUT2D eigenvalue weighted by Gasteiger charge is -2.24. The first-order chi connectivity index (χ1) is 5.81. The van der Waals surface area contributed by atoms with Crippen LogP contribution in [0.15, 0.2) is 0 Å². The fourth-order valence-corrected chi connectivity index (χ4v) is 2.55. The Hall–Kier alpha value is -0.120. The Labute approximate surface area is 73.2 Å². The van der Waals surface area contributed by atoms with E-state index in [1.165, 1.54) is 19.3 Å². The second-order valence-corrected chi connectivity index (χ2v) is 4.08. The maximum Gasteiger partial charge on any atom is 0.0708 e. The quantitative estimate of drug-likeness (QED) is 0.646. The highest BCUT2D eigenvalue weighted by atomic mass is 16.6. The summed E-state index contributed by atoms with van der Waals surface area (Å²) in [5.41, 5.74) is 0. The molecule has 0 saturated carbocycles. The minimum absolute atomic E-state index is 0.500. The van der Waals surface area contributed by atoms with Gasteiger partial charge in [-0.05, 0) is 31.1 Å². The molecule has 2 heterocycles. The Bertz CT molecular complexity index is 163. The van der Waals surface area contributed by atoms with Gasteiger partial charge in [0.05, 0.1) is 18.8 Å². The summed E-state index contributed by atoms with van der Waals surface area (Å²) >= 11 is 0. The molecule has 2 saturated heterocycles. The molecular weight excluding hydrogens is 154 g/mol. The van der Waals surface area contributed by atoms with Crippen molar-refractivity contribution in [3.8, 4) is 0 Å². The van der Waals surface area contributed by atoms with Gasteiger partial charge in [-0.25, -0.2) is 5.90 Å². The van der Waals surface area contributed by atoms with Crippen molar-refractivity contribution in [1.29, 1.82) is 0 Å². The van der Waals surface area contributed by atoms with Crippen LogP contribution in [0, 0.1) is 11.8 Å². The predicted molar refractivity (Wildman–Crippen MR) is 45.3 cm³/mol. The third kappa shape index (κ3) is 1.37. The number of fused-ring (bicyclic) bond motifs is 2. The second-order valence-electron chi connectivity index (χ2n) is 4.08. The molecule has 0 spiro atoms. The van der Waals surface area contributed by atoms with E-state index < -0.39 is 0 Å². The summed E-state index contributed by atoms with van der Waals surface area (Å²) in [6, 6.07) is 0. The lowest BCUT2D eigenvalue weighted by Crippen LogP contribution is -2.27. The molecule has 70 valence electrons. The van der Waals surface area contributed by atoms with Gasteiger partial charge in [0, 0.05) is 0 Å². The van der Waals surface area contributed by atoms with Gasteiger partial charge in [-0.2, -0.15) is 0 Å². The lowest BCUT2D eigenvalue weighted by atomic mass is 9.81. The largest absolute Gasteiger partial charge is 0.375 e. The van der Waals surface area contributed by atoms with Crippen LogP contribution in [0.4, 0.5) is 0 Å². The van der Waals surface area contributed by atoms with Crippen molar-refractivity contribution < 1.29 is 9.57 Å². The molecule has 2 aliphatic heterocycles. The standard InChI is InChI=1S/C9H17NO2/c1-6(5-11-10)8-4-7-2-3-9(8)12-7/h6-9H,2-5,10H2,1H3. The van der Waals surface area contributed by atoms with E-state index in [2.05, 4.69) is 11.8 Å². The van der Waals surface area contributed by atoms with Crippen molar-refractivity contribution in [2.75, 3.05) is 6.61 Å². The van der Waals surface area contributed by atoms with Crippen molar-refractivity contribution in [2.45, 2.75) is 38.4 Å². The number of ether oxygens (including phenoxy) is 1. The average molecular weight is 171 g/mol. The first-order valence-corrected chi connectivity index (χ1v) is 4.78. The van der Waals surface area contributed by atoms with Crippen molar-refractivity contribution in [2.24, 2.45) is 17.7 Å². The Kier molecular flexibility index (Phi) is 2.35. The Morgan fingerprint density at radius 3 is 2.92 bits per heavy atom. The fraction of sp³-hybridized carbons (Fsp3) is 1.00. The molecule has 3 nitrogen and oxygen atoms in total. The number of rotatable bonds is 3. The average Bonchev–Trinajstić information content (AvgIpc) is 2.64. The van der Waals surface area contributed by atoms with Gasteiger partial charge >= 0.3 is 0 Å². The van der Waals surface area contributed by atoms with E-state index in [0.29, 0.717) is 30.7 Å². The van der Waals surface area contributed by atoms with Crippen LogP contribution in [0.3, 0.4) is 0 Å². The normalized spacial score (nSPS) is 42.0. The zero-order chi connectivity index (χ0) is 8.55. The van der Waals surface area contributed by atoms with E-state index in [9.17, 15) is 0 Å². The van der Waals surface area contributed by atoms with Gasteiger partial charge in [-0.1, -0.05) is 6.92 Å². The topological polar surface area (TPSA) is 44.5 Å². The maximum atomic E-state index is 5.76. The molecule has 0 aromatic rings. The van der Waals surface area contributed by atoms with E-state index in [0.717, 1.165) is 0 Å². The molecule has 2 fully saturated rings. The molecule has 2 N–H and O–H groups in total. The zero-order valence-corrected chi connectivity index (χ0v) is 7.53. The van der Waals surface area contributed by atoms with Gasteiger partial charge in [0.1, 0.15) is 0 Å². The molecule has 0 aromatic carbocycles. The highest BCUT2D eigenvalue weighted by Crippen LogP contribution is 2.42. The molecule has 2 aliphatic rings. The summed E-state index contributed by atoms with van der Waals surface area (Å²) in [6.07, 6.45) is 4.76. The molecule has 0 amide bonds. The second kappa shape index (κ2) is 3.32. The van der Waals surface area contributed by atoms with Crippen LogP contribution in [0.25, 0.3) is 0 Å². The molecule has 3 heteroatoms. The van der Waals surface area contributed by atoms with Crippen molar-refractivity contribution >= 4 is 0 Å². The lowest BCUT2D eigenvalue weighted by molar-refractivity contribution is 0.0493. The predicted octanol–water partition coefficient (Wildman–Crippen LogP) is 1.08. The maximum absolute atomic E-state index is 5.76. The summed E-state index contributed by atoms with van der Waals surface area (Å²) in [5.74, 6) is 6.29. The van der Waals surface area contributed by atoms with Crippen LogP contribution in [0.1, 0.15) is 26.2 Å². The summed E-state index contributed by atoms with van der Waals surface area (Å²) in [4.78, 5) is 4.67.